The third kappa shape index (κ3) is 3.82. The van der Waals surface area contributed by atoms with Crippen molar-refractivity contribution in [3.8, 4) is 0 Å². The maximum atomic E-state index is 12.3. The van der Waals surface area contributed by atoms with E-state index in [9.17, 15) is 4.79 Å². The summed E-state index contributed by atoms with van der Waals surface area (Å²) in [6.45, 7) is 7.89. The fraction of sp³-hybridized carbons (Fsp3) is 0.412. The summed E-state index contributed by atoms with van der Waals surface area (Å²) in [6.07, 6.45) is 1.82. The van der Waals surface area contributed by atoms with Crippen LogP contribution in [-0.2, 0) is 6.54 Å². The van der Waals surface area contributed by atoms with Crippen LogP contribution in [0.3, 0.4) is 0 Å². The fourth-order valence-electron chi connectivity index (χ4n) is 2.80. The number of anilines is 1. The second kappa shape index (κ2) is 7.00. The Balaban J connectivity index is 1.50. The van der Waals surface area contributed by atoms with Crippen LogP contribution in [0, 0.1) is 13.8 Å². The molecule has 0 saturated carbocycles. The molecule has 1 aliphatic rings. The Morgan fingerprint density at radius 1 is 1.26 bits per heavy atom. The van der Waals surface area contributed by atoms with Crippen LogP contribution in [0.1, 0.15) is 16.7 Å². The van der Waals surface area contributed by atoms with Gasteiger partial charge in [-0.2, -0.15) is 0 Å². The minimum Gasteiger partial charge on any atom is -0.345 e. The first-order valence-electron chi connectivity index (χ1n) is 7.87. The Labute approximate surface area is 140 Å². The quantitative estimate of drug-likeness (QED) is 0.941. The normalized spacial score (nSPS) is 14.9. The average molecular weight is 330 g/mol. The first-order chi connectivity index (χ1) is 11.1. The molecular weight excluding hydrogens is 308 g/mol. The molecule has 6 heteroatoms. The summed E-state index contributed by atoms with van der Waals surface area (Å²) in [5, 5.41) is 6.06. The molecule has 5 nitrogen and oxygen atoms in total. The predicted octanol–water partition coefficient (Wildman–Crippen LogP) is 2.79. The number of aryl methyl sites for hydroxylation is 2. The van der Waals surface area contributed by atoms with Gasteiger partial charge in [-0.15, -0.1) is 11.3 Å². The molecular formula is C17H22N4OS. The van der Waals surface area contributed by atoms with Crippen molar-refractivity contribution in [1.29, 1.82) is 0 Å². The molecule has 0 bridgehead atoms. The van der Waals surface area contributed by atoms with E-state index < -0.39 is 0 Å². The van der Waals surface area contributed by atoms with Gasteiger partial charge in [-0.1, -0.05) is 23.8 Å². The highest BCUT2D eigenvalue weighted by molar-refractivity contribution is 7.13. The van der Waals surface area contributed by atoms with Gasteiger partial charge in [0.1, 0.15) is 0 Å². The molecule has 0 radical (unpaired) electrons. The number of rotatable bonds is 3. The van der Waals surface area contributed by atoms with Crippen molar-refractivity contribution < 1.29 is 4.79 Å². The van der Waals surface area contributed by atoms with E-state index in [1.807, 2.05) is 16.5 Å². The van der Waals surface area contributed by atoms with E-state index in [0.29, 0.717) is 6.54 Å². The maximum absolute atomic E-state index is 12.3. The van der Waals surface area contributed by atoms with Crippen molar-refractivity contribution in [2.45, 2.75) is 20.4 Å². The number of urea groups is 1. The Hall–Kier alpha value is -2.08. The summed E-state index contributed by atoms with van der Waals surface area (Å²) in [6, 6.07) is 6.34. The Morgan fingerprint density at radius 2 is 2.04 bits per heavy atom. The number of piperazine rings is 1. The van der Waals surface area contributed by atoms with E-state index in [0.717, 1.165) is 31.3 Å². The van der Waals surface area contributed by atoms with Gasteiger partial charge in [0, 0.05) is 44.3 Å². The SMILES string of the molecule is Cc1ccc(CNC(=O)N2CCN(c3nccs3)CC2)c(C)c1. The molecule has 1 aromatic carbocycles. The van der Waals surface area contributed by atoms with Gasteiger partial charge in [-0.25, -0.2) is 9.78 Å². The van der Waals surface area contributed by atoms with Crippen LogP contribution in [-0.4, -0.2) is 42.1 Å². The number of carbonyl (C=O) groups excluding carboxylic acids is 1. The first-order valence-corrected chi connectivity index (χ1v) is 8.75. The third-order valence-corrected chi connectivity index (χ3v) is 5.02. The van der Waals surface area contributed by atoms with Gasteiger partial charge in [-0.3, -0.25) is 0 Å². The summed E-state index contributed by atoms with van der Waals surface area (Å²) in [5.41, 5.74) is 3.64. The summed E-state index contributed by atoms with van der Waals surface area (Å²) >= 11 is 1.65. The lowest BCUT2D eigenvalue weighted by atomic mass is 10.1. The van der Waals surface area contributed by atoms with Crippen LogP contribution < -0.4 is 10.2 Å². The van der Waals surface area contributed by atoms with E-state index in [1.54, 1.807) is 11.3 Å². The summed E-state index contributed by atoms with van der Waals surface area (Å²) < 4.78 is 0. The standard InChI is InChI=1S/C17H22N4OS/c1-13-3-4-15(14(2)11-13)12-19-16(22)20-6-8-21(9-7-20)17-18-5-10-23-17/h3-5,10-11H,6-9,12H2,1-2H3,(H,19,22). The molecule has 3 rings (SSSR count). The number of amides is 2. The van der Waals surface area contributed by atoms with Crippen molar-refractivity contribution in [2.75, 3.05) is 31.1 Å². The van der Waals surface area contributed by atoms with Crippen molar-refractivity contribution in [3.63, 3.8) is 0 Å². The van der Waals surface area contributed by atoms with Gasteiger partial charge in [0.2, 0.25) is 0 Å². The zero-order valence-electron chi connectivity index (χ0n) is 13.6. The number of nitrogens with one attached hydrogen (secondary N) is 1. The van der Waals surface area contributed by atoms with Gasteiger partial charge in [0.05, 0.1) is 0 Å². The topological polar surface area (TPSA) is 48.5 Å². The van der Waals surface area contributed by atoms with Crippen molar-refractivity contribution in [2.24, 2.45) is 0 Å². The van der Waals surface area contributed by atoms with Crippen LogP contribution in [0.5, 0.6) is 0 Å². The average Bonchev–Trinajstić information content (AvgIpc) is 3.08. The largest absolute Gasteiger partial charge is 0.345 e. The highest BCUT2D eigenvalue weighted by Crippen LogP contribution is 2.19. The van der Waals surface area contributed by atoms with Gasteiger partial charge in [-0.05, 0) is 25.0 Å². The molecule has 1 saturated heterocycles. The lowest BCUT2D eigenvalue weighted by molar-refractivity contribution is 0.194. The first kappa shape index (κ1) is 15.8. The Morgan fingerprint density at radius 3 is 2.70 bits per heavy atom. The number of aromatic nitrogens is 1. The predicted molar refractivity (Wildman–Crippen MR) is 94.1 cm³/mol. The summed E-state index contributed by atoms with van der Waals surface area (Å²) in [7, 11) is 0. The zero-order valence-corrected chi connectivity index (χ0v) is 14.4. The molecule has 1 aliphatic heterocycles. The smallest absolute Gasteiger partial charge is 0.317 e. The van der Waals surface area contributed by atoms with Crippen molar-refractivity contribution in [1.82, 2.24) is 15.2 Å². The molecule has 1 aromatic heterocycles. The third-order valence-electron chi connectivity index (χ3n) is 4.18. The second-order valence-electron chi connectivity index (χ2n) is 5.88. The molecule has 0 atom stereocenters. The van der Waals surface area contributed by atoms with Crippen LogP contribution in [0.4, 0.5) is 9.93 Å². The summed E-state index contributed by atoms with van der Waals surface area (Å²) in [5.74, 6) is 0. The monoisotopic (exact) mass is 330 g/mol. The van der Waals surface area contributed by atoms with Crippen molar-refractivity contribution in [3.05, 3.63) is 46.5 Å². The highest BCUT2D eigenvalue weighted by Gasteiger charge is 2.22. The minimum atomic E-state index is 0.0174. The van der Waals surface area contributed by atoms with E-state index in [2.05, 4.69) is 47.2 Å². The molecule has 122 valence electrons. The van der Waals surface area contributed by atoms with E-state index in [-0.39, 0.29) is 6.03 Å². The van der Waals surface area contributed by atoms with Crippen LogP contribution >= 0.6 is 11.3 Å². The summed E-state index contributed by atoms with van der Waals surface area (Å²) in [4.78, 5) is 20.8. The highest BCUT2D eigenvalue weighted by atomic mass is 32.1. The fourth-order valence-corrected chi connectivity index (χ4v) is 3.50. The molecule has 0 aliphatic carbocycles. The van der Waals surface area contributed by atoms with Gasteiger partial charge < -0.3 is 15.1 Å². The van der Waals surface area contributed by atoms with E-state index >= 15 is 0 Å². The maximum Gasteiger partial charge on any atom is 0.317 e. The molecule has 23 heavy (non-hydrogen) atoms. The van der Waals surface area contributed by atoms with Gasteiger partial charge in [0.25, 0.3) is 0 Å². The van der Waals surface area contributed by atoms with Crippen LogP contribution in [0.15, 0.2) is 29.8 Å². The van der Waals surface area contributed by atoms with Crippen molar-refractivity contribution >= 4 is 22.5 Å². The number of carbonyl (C=O) groups is 1. The molecule has 2 heterocycles. The van der Waals surface area contributed by atoms with Crippen LogP contribution in [0.25, 0.3) is 0 Å². The van der Waals surface area contributed by atoms with E-state index in [4.69, 9.17) is 0 Å². The number of hydrogen-bond donors (Lipinski definition) is 1. The molecule has 0 unspecified atom stereocenters. The van der Waals surface area contributed by atoms with Gasteiger partial charge in [0.15, 0.2) is 5.13 Å². The van der Waals surface area contributed by atoms with E-state index in [1.165, 1.54) is 16.7 Å². The minimum absolute atomic E-state index is 0.0174. The molecule has 0 spiro atoms. The zero-order chi connectivity index (χ0) is 16.2. The lowest BCUT2D eigenvalue weighted by Crippen LogP contribution is -2.51. The Bertz CT molecular complexity index is 663. The number of nitrogens with zero attached hydrogens (tertiary/aromatic N) is 3. The molecule has 2 amide bonds. The Kier molecular flexibility index (Phi) is 4.81. The van der Waals surface area contributed by atoms with Crippen LogP contribution in [0.2, 0.25) is 0 Å². The molecule has 2 aromatic rings. The number of thiazole rings is 1. The van der Waals surface area contributed by atoms with Gasteiger partial charge >= 0.3 is 6.03 Å². The number of hydrogen-bond acceptors (Lipinski definition) is 4. The second-order valence-corrected chi connectivity index (χ2v) is 6.75. The molecule has 1 N–H and O–H groups in total. The lowest BCUT2D eigenvalue weighted by Gasteiger charge is -2.34. The number of benzene rings is 1. The molecule has 1 fully saturated rings.